The van der Waals surface area contributed by atoms with Crippen LogP contribution in [0.4, 0.5) is 13.2 Å². The van der Waals surface area contributed by atoms with Crippen LogP contribution >= 0.6 is 11.8 Å². The number of thioether (sulfide) groups is 1. The Labute approximate surface area is 112 Å². The van der Waals surface area contributed by atoms with Crippen LogP contribution in [0.3, 0.4) is 0 Å². The Morgan fingerprint density at radius 2 is 2.16 bits per heavy atom. The highest BCUT2D eigenvalue weighted by molar-refractivity contribution is 8.13. The van der Waals surface area contributed by atoms with E-state index < -0.39 is 11.7 Å². The lowest BCUT2D eigenvalue weighted by Crippen LogP contribution is -2.07. The average molecular weight is 285 g/mol. The lowest BCUT2D eigenvalue weighted by atomic mass is 10.0. The van der Waals surface area contributed by atoms with Crippen molar-refractivity contribution in [1.29, 1.82) is 5.26 Å². The monoisotopic (exact) mass is 285 g/mol. The summed E-state index contributed by atoms with van der Waals surface area (Å²) in [6, 6.07) is 5.07. The lowest BCUT2D eigenvalue weighted by molar-refractivity contribution is -0.137. The summed E-state index contributed by atoms with van der Waals surface area (Å²) in [5, 5.41) is 8.52. The van der Waals surface area contributed by atoms with Crippen LogP contribution in [0, 0.1) is 11.3 Å². The molecule has 0 aromatic heterocycles. The van der Waals surface area contributed by atoms with E-state index in [0.717, 1.165) is 17.8 Å². The Balaban J connectivity index is 3.01. The minimum atomic E-state index is -4.51. The van der Waals surface area contributed by atoms with Gasteiger partial charge in [-0.05, 0) is 17.7 Å². The first-order valence-electron chi connectivity index (χ1n) is 5.26. The second-order valence-corrected chi connectivity index (χ2v) is 4.81. The average Bonchev–Trinajstić information content (AvgIpc) is 2.33. The third-order valence-electron chi connectivity index (χ3n) is 2.17. The molecule has 0 bridgehead atoms. The zero-order valence-electron chi connectivity index (χ0n) is 9.99. The van der Waals surface area contributed by atoms with Gasteiger partial charge in [0.05, 0.1) is 17.2 Å². The number of nitriles is 1. The Morgan fingerprint density at radius 1 is 1.47 bits per heavy atom. The first-order valence-corrected chi connectivity index (χ1v) is 6.24. The molecule has 0 saturated carbocycles. The fraction of sp³-hybridized carbons (Fsp3) is 0.231. The van der Waals surface area contributed by atoms with Gasteiger partial charge in [0.1, 0.15) is 0 Å². The van der Waals surface area contributed by atoms with Crippen LogP contribution < -0.4 is 0 Å². The Kier molecular flexibility index (Phi) is 5.19. The number of benzene rings is 1. The fourth-order valence-electron chi connectivity index (χ4n) is 1.36. The molecule has 1 rings (SSSR count). The molecular formula is C13H10F3NOS. The molecule has 0 saturated heterocycles. The van der Waals surface area contributed by atoms with Crippen molar-refractivity contribution in [3.63, 3.8) is 0 Å². The largest absolute Gasteiger partial charge is 0.417 e. The standard InChI is InChI=1S/C13H10F3NOS/c1-9(18)19-6-2-3-11-5-4-10(8-17)7-12(11)13(14,15)16/h2-5,7H,6H2,1H3. The molecule has 0 spiro atoms. The van der Waals surface area contributed by atoms with E-state index in [1.54, 1.807) is 6.07 Å². The van der Waals surface area contributed by atoms with E-state index >= 15 is 0 Å². The topological polar surface area (TPSA) is 40.9 Å². The van der Waals surface area contributed by atoms with E-state index in [1.165, 1.54) is 31.2 Å². The second kappa shape index (κ2) is 6.43. The van der Waals surface area contributed by atoms with Crippen LogP contribution in [-0.4, -0.2) is 10.9 Å². The van der Waals surface area contributed by atoms with Gasteiger partial charge in [-0.1, -0.05) is 30.0 Å². The fourth-order valence-corrected chi connectivity index (χ4v) is 1.78. The van der Waals surface area contributed by atoms with Crippen molar-refractivity contribution >= 4 is 23.0 Å². The molecule has 2 nitrogen and oxygen atoms in total. The highest BCUT2D eigenvalue weighted by atomic mass is 32.2. The summed E-state index contributed by atoms with van der Waals surface area (Å²) in [5.41, 5.74) is -0.908. The Hall–Kier alpha value is -1.74. The Bertz CT molecular complexity index is 544. The summed E-state index contributed by atoms with van der Waals surface area (Å²) < 4.78 is 38.4. The Morgan fingerprint density at radius 3 is 2.68 bits per heavy atom. The molecule has 6 heteroatoms. The van der Waals surface area contributed by atoms with Crippen LogP contribution in [0.1, 0.15) is 23.6 Å². The number of carbonyl (C=O) groups is 1. The summed E-state index contributed by atoms with van der Waals surface area (Å²) in [4.78, 5) is 10.7. The number of nitrogens with zero attached hydrogens (tertiary/aromatic N) is 1. The maximum absolute atomic E-state index is 12.8. The van der Waals surface area contributed by atoms with Crippen molar-refractivity contribution in [2.75, 3.05) is 5.75 Å². The SMILES string of the molecule is CC(=O)SCC=Cc1ccc(C#N)cc1C(F)(F)F. The number of rotatable bonds is 3. The zero-order valence-corrected chi connectivity index (χ0v) is 10.8. The van der Waals surface area contributed by atoms with Crippen molar-refractivity contribution in [2.24, 2.45) is 0 Å². The normalized spacial score (nSPS) is 11.5. The van der Waals surface area contributed by atoms with Crippen molar-refractivity contribution < 1.29 is 18.0 Å². The molecule has 0 amide bonds. The molecule has 100 valence electrons. The van der Waals surface area contributed by atoms with Crippen molar-refractivity contribution in [3.8, 4) is 6.07 Å². The van der Waals surface area contributed by atoms with Crippen LogP contribution in [0.5, 0.6) is 0 Å². The van der Waals surface area contributed by atoms with Crippen LogP contribution in [0.2, 0.25) is 0 Å². The molecule has 1 aromatic carbocycles. The molecular weight excluding hydrogens is 275 g/mol. The predicted molar refractivity (Wildman–Crippen MR) is 68.3 cm³/mol. The van der Waals surface area contributed by atoms with Gasteiger partial charge in [0.25, 0.3) is 0 Å². The maximum Gasteiger partial charge on any atom is 0.417 e. The van der Waals surface area contributed by atoms with Gasteiger partial charge in [-0.3, -0.25) is 4.79 Å². The molecule has 0 fully saturated rings. The van der Waals surface area contributed by atoms with Gasteiger partial charge in [-0.25, -0.2) is 0 Å². The third-order valence-corrected chi connectivity index (χ3v) is 2.93. The number of carbonyl (C=O) groups excluding carboxylic acids is 1. The van der Waals surface area contributed by atoms with Gasteiger partial charge >= 0.3 is 6.18 Å². The molecule has 0 aliphatic heterocycles. The van der Waals surface area contributed by atoms with Crippen LogP contribution in [0.15, 0.2) is 24.3 Å². The predicted octanol–water partition coefficient (Wildman–Crippen LogP) is 3.87. The summed E-state index contributed by atoms with van der Waals surface area (Å²) in [6.07, 6.45) is -1.72. The van der Waals surface area contributed by atoms with E-state index in [-0.39, 0.29) is 16.2 Å². The highest BCUT2D eigenvalue weighted by Gasteiger charge is 2.32. The van der Waals surface area contributed by atoms with E-state index in [0.29, 0.717) is 5.75 Å². The van der Waals surface area contributed by atoms with E-state index in [4.69, 9.17) is 5.26 Å². The molecule has 0 aliphatic rings. The molecule has 19 heavy (non-hydrogen) atoms. The summed E-state index contributed by atoms with van der Waals surface area (Å²) in [5.74, 6) is 0.312. The quantitative estimate of drug-likeness (QED) is 0.846. The zero-order chi connectivity index (χ0) is 14.5. The minimum Gasteiger partial charge on any atom is -0.288 e. The molecule has 0 radical (unpaired) electrons. The molecule has 0 heterocycles. The van der Waals surface area contributed by atoms with Crippen LogP contribution in [0.25, 0.3) is 6.08 Å². The molecule has 0 N–H and O–H groups in total. The van der Waals surface area contributed by atoms with Crippen molar-refractivity contribution in [3.05, 3.63) is 41.0 Å². The molecule has 0 unspecified atom stereocenters. The minimum absolute atomic E-state index is 0.0179. The van der Waals surface area contributed by atoms with Gasteiger partial charge in [0, 0.05) is 12.7 Å². The number of alkyl halides is 3. The van der Waals surface area contributed by atoms with Gasteiger partial charge in [-0.15, -0.1) is 0 Å². The van der Waals surface area contributed by atoms with Gasteiger partial charge in [0.15, 0.2) is 5.12 Å². The molecule has 0 aliphatic carbocycles. The third kappa shape index (κ3) is 4.79. The first kappa shape index (κ1) is 15.3. The summed E-state index contributed by atoms with van der Waals surface area (Å²) >= 11 is 1.01. The summed E-state index contributed by atoms with van der Waals surface area (Å²) in [6.45, 7) is 1.39. The first-order chi connectivity index (χ1) is 8.84. The van der Waals surface area contributed by atoms with E-state index in [2.05, 4.69) is 0 Å². The van der Waals surface area contributed by atoms with Gasteiger partial charge in [0.2, 0.25) is 0 Å². The number of hydrogen-bond acceptors (Lipinski definition) is 3. The van der Waals surface area contributed by atoms with Crippen molar-refractivity contribution in [2.45, 2.75) is 13.1 Å². The summed E-state index contributed by atoms with van der Waals surface area (Å²) in [7, 11) is 0. The highest BCUT2D eigenvalue weighted by Crippen LogP contribution is 2.33. The molecule has 1 aromatic rings. The van der Waals surface area contributed by atoms with Gasteiger partial charge < -0.3 is 0 Å². The van der Waals surface area contributed by atoms with Crippen LogP contribution in [-0.2, 0) is 11.0 Å². The number of halogens is 3. The van der Waals surface area contributed by atoms with Gasteiger partial charge in [-0.2, -0.15) is 18.4 Å². The van der Waals surface area contributed by atoms with E-state index in [1.807, 2.05) is 0 Å². The van der Waals surface area contributed by atoms with Crippen molar-refractivity contribution in [1.82, 2.24) is 0 Å². The second-order valence-electron chi connectivity index (χ2n) is 3.62. The smallest absolute Gasteiger partial charge is 0.288 e. The lowest BCUT2D eigenvalue weighted by Gasteiger charge is -2.10. The maximum atomic E-state index is 12.8. The number of hydrogen-bond donors (Lipinski definition) is 0. The molecule has 0 atom stereocenters. The van der Waals surface area contributed by atoms with E-state index in [9.17, 15) is 18.0 Å².